The van der Waals surface area contributed by atoms with Crippen molar-refractivity contribution in [3.05, 3.63) is 103 Å². The van der Waals surface area contributed by atoms with Crippen LogP contribution in [-0.2, 0) is 20.1 Å². The van der Waals surface area contributed by atoms with Gasteiger partial charge in [-0.3, -0.25) is 0 Å². The molecule has 0 fully saturated rings. The Hall–Kier alpha value is -2.54. The summed E-state index contributed by atoms with van der Waals surface area (Å²) in [5.41, 5.74) is 7.98. The van der Waals surface area contributed by atoms with Crippen LogP contribution in [0, 0.1) is 13.0 Å². The van der Waals surface area contributed by atoms with E-state index in [1.54, 1.807) is 0 Å². The molecule has 1 nitrogen and oxygen atoms in total. The molecular formula is C24H18IrN-. The van der Waals surface area contributed by atoms with E-state index in [1.807, 2.05) is 31.3 Å². The maximum absolute atomic E-state index is 4.53. The molecule has 0 amide bonds. The Morgan fingerprint density at radius 1 is 0.731 bits per heavy atom. The minimum absolute atomic E-state index is 0. The molecule has 0 saturated heterocycles. The van der Waals surface area contributed by atoms with Crippen molar-refractivity contribution < 1.29 is 20.1 Å². The Bertz CT molecular complexity index is 992. The van der Waals surface area contributed by atoms with Crippen molar-refractivity contribution in [3.8, 4) is 33.5 Å². The summed E-state index contributed by atoms with van der Waals surface area (Å²) in [6.07, 6.45) is 1.90. The molecule has 2 heteroatoms. The first-order valence-corrected chi connectivity index (χ1v) is 8.41. The van der Waals surface area contributed by atoms with Gasteiger partial charge in [0.25, 0.3) is 0 Å². The van der Waals surface area contributed by atoms with E-state index in [9.17, 15) is 0 Å². The average molecular weight is 513 g/mol. The molecule has 0 aliphatic carbocycles. The van der Waals surface area contributed by atoms with Crippen molar-refractivity contribution >= 4 is 0 Å². The molecule has 0 atom stereocenters. The third kappa shape index (κ3) is 3.83. The fraction of sp³-hybridized carbons (Fsp3) is 0.0417. The zero-order valence-electron chi connectivity index (χ0n) is 14.4. The van der Waals surface area contributed by atoms with E-state index in [4.69, 9.17) is 0 Å². The Labute approximate surface area is 168 Å². The number of nitrogens with zero attached hydrogens (tertiary/aromatic N) is 1. The topological polar surface area (TPSA) is 12.9 Å². The fourth-order valence-corrected chi connectivity index (χ4v) is 3.01. The molecule has 0 bridgehead atoms. The average Bonchev–Trinajstić information content (AvgIpc) is 2.69. The van der Waals surface area contributed by atoms with Crippen LogP contribution in [0.1, 0.15) is 5.56 Å². The SMILES string of the molecule is Cc1ccc(-c2[c-]ccc(-c3ccccc3-c3ccccc3)c2)nc1.[Ir]. The fourth-order valence-electron chi connectivity index (χ4n) is 3.01. The van der Waals surface area contributed by atoms with Crippen LogP contribution in [0.3, 0.4) is 0 Å². The van der Waals surface area contributed by atoms with Crippen LogP contribution >= 0.6 is 0 Å². The van der Waals surface area contributed by atoms with Crippen molar-refractivity contribution in [2.24, 2.45) is 0 Å². The summed E-state index contributed by atoms with van der Waals surface area (Å²) in [6, 6.07) is 32.7. The number of aryl methyl sites for hydroxylation is 1. The van der Waals surface area contributed by atoms with Gasteiger partial charge in [0.05, 0.1) is 0 Å². The van der Waals surface area contributed by atoms with E-state index in [0.717, 1.165) is 16.8 Å². The predicted octanol–water partition coefficient (Wildman–Crippen LogP) is 6.19. The van der Waals surface area contributed by atoms with E-state index in [0.29, 0.717) is 0 Å². The standard InChI is InChI=1S/C24H18N.Ir/c1-18-14-15-24(25-17-18)21-11-7-10-20(16-21)23-13-6-5-12-22(23)19-8-3-2-4-9-19;/h2-10,12-17H,1H3;/q-1;. The number of rotatable bonds is 3. The Morgan fingerprint density at radius 2 is 1.42 bits per heavy atom. The Morgan fingerprint density at radius 3 is 2.12 bits per heavy atom. The van der Waals surface area contributed by atoms with Gasteiger partial charge in [0.2, 0.25) is 0 Å². The first-order valence-electron chi connectivity index (χ1n) is 8.41. The van der Waals surface area contributed by atoms with Gasteiger partial charge < -0.3 is 4.98 Å². The summed E-state index contributed by atoms with van der Waals surface area (Å²) < 4.78 is 0. The van der Waals surface area contributed by atoms with Crippen LogP contribution in [0.15, 0.2) is 91.1 Å². The third-order valence-corrected chi connectivity index (χ3v) is 4.31. The minimum Gasteiger partial charge on any atom is -0.304 e. The molecule has 26 heavy (non-hydrogen) atoms. The molecule has 0 aliphatic rings. The number of hydrogen-bond acceptors (Lipinski definition) is 1. The van der Waals surface area contributed by atoms with Crippen molar-refractivity contribution in [3.63, 3.8) is 0 Å². The third-order valence-electron chi connectivity index (χ3n) is 4.31. The molecule has 1 aromatic heterocycles. The zero-order chi connectivity index (χ0) is 17.1. The van der Waals surface area contributed by atoms with Crippen LogP contribution in [-0.4, -0.2) is 4.98 Å². The van der Waals surface area contributed by atoms with Gasteiger partial charge in [-0.1, -0.05) is 66.7 Å². The first kappa shape index (κ1) is 18.3. The van der Waals surface area contributed by atoms with Gasteiger partial charge in [-0.05, 0) is 34.9 Å². The largest absolute Gasteiger partial charge is 0.304 e. The molecule has 4 aromatic rings. The van der Waals surface area contributed by atoms with Crippen LogP contribution in [0.5, 0.6) is 0 Å². The van der Waals surface area contributed by atoms with Gasteiger partial charge in [-0.2, -0.15) is 0 Å². The van der Waals surface area contributed by atoms with E-state index in [2.05, 4.69) is 77.8 Å². The van der Waals surface area contributed by atoms with Crippen LogP contribution < -0.4 is 0 Å². The normalized spacial score (nSPS) is 10.2. The molecule has 0 spiro atoms. The number of pyridine rings is 1. The second-order valence-electron chi connectivity index (χ2n) is 6.12. The Balaban J connectivity index is 0.00000196. The van der Waals surface area contributed by atoms with Crippen LogP contribution in [0.2, 0.25) is 0 Å². The maximum atomic E-state index is 4.53. The van der Waals surface area contributed by atoms with Gasteiger partial charge in [0, 0.05) is 26.3 Å². The molecule has 0 aliphatic heterocycles. The Kier molecular flexibility index (Phi) is 5.78. The predicted molar refractivity (Wildman–Crippen MR) is 104 cm³/mol. The molecule has 1 heterocycles. The van der Waals surface area contributed by atoms with Crippen molar-refractivity contribution in [2.75, 3.05) is 0 Å². The zero-order valence-corrected chi connectivity index (χ0v) is 16.8. The number of hydrogen-bond donors (Lipinski definition) is 0. The van der Waals surface area contributed by atoms with Crippen LogP contribution in [0.4, 0.5) is 0 Å². The summed E-state index contributed by atoms with van der Waals surface area (Å²) in [7, 11) is 0. The molecule has 129 valence electrons. The molecule has 4 rings (SSSR count). The molecule has 0 unspecified atom stereocenters. The number of benzene rings is 3. The van der Waals surface area contributed by atoms with Gasteiger partial charge in [0.1, 0.15) is 0 Å². The van der Waals surface area contributed by atoms with Crippen molar-refractivity contribution in [1.82, 2.24) is 4.98 Å². The monoisotopic (exact) mass is 513 g/mol. The summed E-state index contributed by atoms with van der Waals surface area (Å²) in [5.74, 6) is 0. The van der Waals surface area contributed by atoms with E-state index < -0.39 is 0 Å². The number of aromatic nitrogens is 1. The molecular weight excluding hydrogens is 494 g/mol. The summed E-state index contributed by atoms with van der Waals surface area (Å²) >= 11 is 0. The summed E-state index contributed by atoms with van der Waals surface area (Å²) in [4.78, 5) is 4.53. The molecule has 1 radical (unpaired) electrons. The van der Waals surface area contributed by atoms with Crippen molar-refractivity contribution in [1.29, 1.82) is 0 Å². The second-order valence-corrected chi connectivity index (χ2v) is 6.12. The molecule has 0 N–H and O–H groups in total. The van der Waals surface area contributed by atoms with E-state index in [-0.39, 0.29) is 20.1 Å². The first-order chi connectivity index (χ1) is 12.3. The van der Waals surface area contributed by atoms with E-state index >= 15 is 0 Å². The van der Waals surface area contributed by atoms with Gasteiger partial charge in [-0.25, -0.2) is 0 Å². The summed E-state index contributed by atoms with van der Waals surface area (Å²) in [6.45, 7) is 2.05. The molecule has 0 saturated carbocycles. The quantitative estimate of drug-likeness (QED) is 0.299. The second kappa shape index (κ2) is 8.23. The van der Waals surface area contributed by atoms with E-state index in [1.165, 1.54) is 22.3 Å². The van der Waals surface area contributed by atoms with Crippen LogP contribution in [0.25, 0.3) is 33.5 Å². The van der Waals surface area contributed by atoms with Gasteiger partial charge in [0.15, 0.2) is 0 Å². The maximum Gasteiger partial charge on any atom is 0.0190 e. The van der Waals surface area contributed by atoms with Gasteiger partial charge in [-0.15, -0.1) is 35.4 Å². The summed E-state index contributed by atoms with van der Waals surface area (Å²) in [5, 5.41) is 0. The minimum atomic E-state index is 0. The smallest absolute Gasteiger partial charge is 0.0190 e. The van der Waals surface area contributed by atoms with Gasteiger partial charge >= 0.3 is 0 Å². The molecule has 3 aromatic carbocycles. The van der Waals surface area contributed by atoms with Crippen molar-refractivity contribution in [2.45, 2.75) is 6.92 Å².